The van der Waals surface area contributed by atoms with Crippen molar-refractivity contribution in [3.8, 4) is 11.5 Å². The maximum atomic E-state index is 12.5. The van der Waals surface area contributed by atoms with Crippen molar-refractivity contribution in [2.24, 2.45) is 0 Å². The van der Waals surface area contributed by atoms with Crippen molar-refractivity contribution in [3.05, 3.63) is 129 Å². The summed E-state index contributed by atoms with van der Waals surface area (Å²) in [6, 6.07) is 26.4. The standard InChI is InChI=1S/C20H22F2O2S2.C11H14S2.C9H8F2O2/c1-13-5-3-6-16(11-13)20(25-9-4-10-26-20)18(23)15-7-8-17(14(2)12-15)24-19(21)22;1-9-4-2-5-10(8-9)11-12-6-3-7-13-11;1-6-4-7(5-12)2-3-8(6)13-9(10)11/h3,5-8,11-12,18-19,23H,4,9-10H2,1-2H3;2,4-5,8,11H,3,6-7H2,1H3;2-5,9H,1H3. The van der Waals surface area contributed by atoms with Gasteiger partial charge in [0, 0.05) is 5.56 Å². The third-order valence-corrected chi connectivity index (χ3v) is 14.6. The van der Waals surface area contributed by atoms with Gasteiger partial charge in [-0.15, -0.1) is 47.0 Å². The van der Waals surface area contributed by atoms with Crippen LogP contribution in [0, 0.1) is 27.7 Å². The summed E-state index contributed by atoms with van der Waals surface area (Å²) < 4.78 is 57.5. The fourth-order valence-electron chi connectivity index (χ4n) is 5.65. The Balaban J connectivity index is 0.000000195. The first-order chi connectivity index (χ1) is 24.9. The summed E-state index contributed by atoms with van der Waals surface area (Å²) in [5, 5.41) is 11.3. The molecule has 0 aliphatic carbocycles. The first-order valence-corrected chi connectivity index (χ1v) is 20.9. The molecule has 1 unspecified atom stereocenters. The fraction of sp³-hybridized carbons (Fsp3) is 0.375. The molecule has 0 spiro atoms. The lowest BCUT2D eigenvalue weighted by Crippen LogP contribution is -2.30. The van der Waals surface area contributed by atoms with Crippen LogP contribution in [-0.4, -0.2) is 47.6 Å². The third kappa shape index (κ3) is 12.1. The van der Waals surface area contributed by atoms with E-state index in [4.69, 9.17) is 0 Å². The van der Waals surface area contributed by atoms with Gasteiger partial charge in [-0.1, -0.05) is 65.7 Å². The van der Waals surface area contributed by atoms with Gasteiger partial charge < -0.3 is 14.6 Å². The number of hydrogen-bond acceptors (Lipinski definition) is 8. The van der Waals surface area contributed by atoms with Crippen molar-refractivity contribution >= 4 is 53.3 Å². The molecule has 1 atom stereocenters. The zero-order valence-electron chi connectivity index (χ0n) is 29.5. The van der Waals surface area contributed by atoms with Crippen LogP contribution in [0.3, 0.4) is 0 Å². The van der Waals surface area contributed by atoms with Crippen molar-refractivity contribution < 1.29 is 36.9 Å². The number of aliphatic hydroxyl groups is 1. The highest BCUT2D eigenvalue weighted by molar-refractivity contribution is 8.18. The summed E-state index contributed by atoms with van der Waals surface area (Å²) >= 11 is 7.69. The molecule has 4 nitrogen and oxygen atoms in total. The molecule has 2 saturated heterocycles. The number of hydrogen-bond donors (Lipinski definition) is 1. The first-order valence-electron chi connectivity index (χ1n) is 16.8. The van der Waals surface area contributed by atoms with Gasteiger partial charge in [0.1, 0.15) is 28.0 Å². The smallest absolute Gasteiger partial charge is 0.387 e. The Morgan fingerprint density at radius 3 is 1.81 bits per heavy atom. The zero-order chi connectivity index (χ0) is 37.7. The predicted molar refractivity (Wildman–Crippen MR) is 212 cm³/mol. The second-order valence-electron chi connectivity index (χ2n) is 12.3. The number of benzene rings is 4. The van der Waals surface area contributed by atoms with Crippen LogP contribution in [0.2, 0.25) is 0 Å². The monoisotopic (exact) mass is 792 g/mol. The van der Waals surface area contributed by atoms with Gasteiger partial charge in [-0.05, 0) is 122 Å². The van der Waals surface area contributed by atoms with Gasteiger partial charge in [0.25, 0.3) is 0 Å². The molecule has 4 aromatic carbocycles. The van der Waals surface area contributed by atoms with E-state index in [-0.39, 0.29) is 11.5 Å². The fourth-order valence-corrected chi connectivity index (χ4v) is 11.9. The second kappa shape index (κ2) is 20.6. The molecular weight excluding hydrogens is 749 g/mol. The van der Waals surface area contributed by atoms with Crippen LogP contribution in [0.25, 0.3) is 0 Å². The zero-order valence-corrected chi connectivity index (χ0v) is 32.8. The summed E-state index contributed by atoms with van der Waals surface area (Å²) in [7, 11) is 0. The molecule has 2 aliphatic rings. The highest BCUT2D eigenvalue weighted by Crippen LogP contribution is 2.57. The number of rotatable bonds is 9. The van der Waals surface area contributed by atoms with Gasteiger partial charge in [-0.3, -0.25) is 4.79 Å². The van der Waals surface area contributed by atoms with Crippen LogP contribution in [0.4, 0.5) is 17.6 Å². The van der Waals surface area contributed by atoms with Gasteiger partial charge in [0.05, 0.1) is 4.58 Å². The quantitative estimate of drug-likeness (QED) is 0.133. The van der Waals surface area contributed by atoms with Crippen molar-refractivity contribution in [2.75, 3.05) is 23.0 Å². The Hall–Kier alpha value is -2.77. The highest BCUT2D eigenvalue weighted by atomic mass is 32.2. The molecule has 280 valence electrons. The number of aliphatic hydroxyl groups excluding tert-OH is 1. The van der Waals surface area contributed by atoms with Gasteiger partial charge in [0.2, 0.25) is 0 Å². The molecular formula is C40H44F4O4S4. The number of aldehydes is 1. The van der Waals surface area contributed by atoms with Crippen molar-refractivity contribution in [1.29, 1.82) is 0 Å². The lowest BCUT2D eigenvalue weighted by atomic mass is 9.97. The number of ether oxygens (including phenoxy) is 2. The maximum Gasteiger partial charge on any atom is 0.387 e. The van der Waals surface area contributed by atoms with E-state index in [1.165, 1.54) is 53.3 Å². The van der Waals surface area contributed by atoms with Gasteiger partial charge in [-0.2, -0.15) is 17.6 Å². The number of alkyl halides is 4. The lowest BCUT2D eigenvalue weighted by Gasteiger charge is -2.40. The molecule has 52 heavy (non-hydrogen) atoms. The molecule has 0 bridgehead atoms. The average Bonchev–Trinajstić information content (AvgIpc) is 3.14. The minimum Gasteiger partial charge on any atom is -0.435 e. The van der Waals surface area contributed by atoms with E-state index in [2.05, 4.69) is 76.3 Å². The van der Waals surface area contributed by atoms with Crippen LogP contribution >= 0.6 is 47.0 Å². The first kappa shape index (κ1) is 42.0. The Bertz CT molecular complexity index is 1730. The number of thioether (sulfide) groups is 4. The second-order valence-corrected chi connectivity index (χ2v) is 17.9. The third-order valence-electron chi connectivity index (χ3n) is 8.13. The minimum atomic E-state index is -2.85. The van der Waals surface area contributed by atoms with E-state index < -0.39 is 23.4 Å². The van der Waals surface area contributed by atoms with Crippen LogP contribution in [0.15, 0.2) is 84.9 Å². The lowest BCUT2D eigenvalue weighted by molar-refractivity contribution is -0.0509. The van der Waals surface area contributed by atoms with E-state index >= 15 is 0 Å². The molecule has 0 aromatic heterocycles. The molecule has 0 radical (unpaired) electrons. The largest absolute Gasteiger partial charge is 0.435 e. The number of carbonyl (C=O) groups excluding carboxylic acids is 1. The number of carbonyl (C=O) groups is 1. The molecule has 6 rings (SSSR count). The number of halogens is 4. The molecule has 2 heterocycles. The van der Waals surface area contributed by atoms with E-state index in [1.54, 1.807) is 49.5 Å². The van der Waals surface area contributed by atoms with Crippen molar-refractivity contribution in [3.63, 3.8) is 0 Å². The Labute approximate surface area is 321 Å². The topological polar surface area (TPSA) is 55.8 Å². The van der Waals surface area contributed by atoms with Crippen molar-refractivity contribution in [1.82, 2.24) is 0 Å². The Morgan fingerprint density at radius 1 is 0.712 bits per heavy atom. The van der Waals surface area contributed by atoms with Crippen LogP contribution in [0.5, 0.6) is 11.5 Å². The van der Waals surface area contributed by atoms with Gasteiger partial charge in [-0.25, -0.2) is 0 Å². The Morgan fingerprint density at radius 2 is 1.27 bits per heavy atom. The molecule has 0 saturated carbocycles. The van der Waals surface area contributed by atoms with E-state index in [1.807, 2.05) is 19.1 Å². The molecule has 2 fully saturated rings. The van der Waals surface area contributed by atoms with E-state index in [0.29, 0.717) is 33.1 Å². The van der Waals surface area contributed by atoms with Gasteiger partial charge in [0.15, 0.2) is 0 Å². The summed E-state index contributed by atoms with van der Waals surface area (Å²) in [6.07, 6.45) is 2.38. The predicted octanol–water partition coefficient (Wildman–Crippen LogP) is 11.9. The van der Waals surface area contributed by atoms with Crippen LogP contribution < -0.4 is 9.47 Å². The summed E-state index contributed by atoms with van der Waals surface area (Å²) in [6.45, 7) is 1.84. The summed E-state index contributed by atoms with van der Waals surface area (Å²) in [5.41, 5.74) is 7.38. The SMILES string of the molecule is Cc1cc(C=O)ccc1OC(F)F.Cc1cccc(C2(C(O)c3ccc(OC(F)F)c(C)c3)SCCCS2)c1.Cc1cccc(C2SCCCS2)c1. The maximum absolute atomic E-state index is 12.5. The van der Waals surface area contributed by atoms with Crippen LogP contribution in [-0.2, 0) is 4.08 Å². The van der Waals surface area contributed by atoms with E-state index in [0.717, 1.165) is 29.1 Å². The molecule has 12 heteroatoms. The molecule has 1 N–H and O–H groups in total. The summed E-state index contributed by atoms with van der Waals surface area (Å²) in [5.74, 6) is 4.84. The molecule has 4 aromatic rings. The average molecular weight is 793 g/mol. The summed E-state index contributed by atoms with van der Waals surface area (Å²) in [4.78, 5) is 10.3. The van der Waals surface area contributed by atoms with Crippen molar-refractivity contribution in [2.45, 2.75) is 68.5 Å². The minimum absolute atomic E-state index is 0.0978. The van der Waals surface area contributed by atoms with Crippen LogP contribution in [0.1, 0.15) is 72.8 Å². The number of aryl methyl sites for hydroxylation is 4. The Kier molecular flexibility index (Phi) is 16.6. The normalized spacial score (nSPS) is 16.2. The molecule has 0 amide bonds. The highest BCUT2D eigenvalue weighted by Gasteiger charge is 2.43. The van der Waals surface area contributed by atoms with Gasteiger partial charge >= 0.3 is 13.2 Å². The molecule has 2 aliphatic heterocycles. The van der Waals surface area contributed by atoms with E-state index in [9.17, 15) is 27.5 Å².